The molecule has 0 aromatic heterocycles. The van der Waals surface area contributed by atoms with Crippen LogP contribution in [0.25, 0.3) is 0 Å². The Morgan fingerprint density at radius 2 is 1.19 bits per heavy atom. The molecule has 0 saturated heterocycles. The van der Waals surface area contributed by atoms with Gasteiger partial charge in [-0.25, -0.2) is 0 Å². The summed E-state index contributed by atoms with van der Waals surface area (Å²) < 4.78 is 5.79. The Balaban J connectivity index is 2.57. The van der Waals surface area contributed by atoms with E-state index in [2.05, 4.69) is 55.4 Å². The predicted octanol–water partition coefficient (Wildman–Crippen LogP) is 8.70. The molecule has 0 heterocycles. The van der Waals surface area contributed by atoms with Gasteiger partial charge < -0.3 is 9.84 Å². The Hall–Kier alpha value is -1.51. The zero-order chi connectivity index (χ0) is 24.5. The Morgan fingerprint density at radius 1 is 0.781 bits per heavy atom. The van der Waals surface area contributed by atoms with E-state index in [1.165, 1.54) is 44.9 Å². The number of carbonyl (C=O) groups excluding carboxylic acids is 1. The minimum atomic E-state index is -0.243. The van der Waals surface area contributed by atoms with Crippen LogP contribution in [0.5, 0.6) is 11.5 Å². The van der Waals surface area contributed by atoms with Crippen molar-refractivity contribution in [2.75, 3.05) is 0 Å². The van der Waals surface area contributed by atoms with Crippen molar-refractivity contribution in [2.45, 2.75) is 131 Å². The fourth-order valence-corrected chi connectivity index (χ4v) is 4.03. The SMILES string of the molecule is CC(C)CCCCCCCCCC(C)C(=O)Oc1cc(C(C)(C)C)c(O)c(C(C)(C)C)c1. The highest BCUT2D eigenvalue weighted by molar-refractivity contribution is 5.75. The molecule has 3 nitrogen and oxygen atoms in total. The molecule has 0 aliphatic rings. The summed E-state index contributed by atoms with van der Waals surface area (Å²) in [4.78, 5) is 12.7. The second kappa shape index (κ2) is 12.7. The molecule has 0 spiro atoms. The fraction of sp³-hybridized carbons (Fsp3) is 0.759. The van der Waals surface area contributed by atoms with Gasteiger partial charge in [-0.05, 0) is 35.3 Å². The molecule has 1 atom stereocenters. The molecular formula is C29H50O3. The summed E-state index contributed by atoms with van der Waals surface area (Å²) in [6.07, 6.45) is 11.0. The van der Waals surface area contributed by atoms with Crippen molar-refractivity contribution in [3.8, 4) is 11.5 Å². The molecule has 0 amide bonds. The van der Waals surface area contributed by atoms with Crippen molar-refractivity contribution < 1.29 is 14.6 Å². The topological polar surface area (TPSA) is 46.5 Å². The van der Waals surface area contributed by atoms with Gasteiger partial charge in [0.15, 0.2) is 0 Å². The third kappa shape index (κ3) is 9.96. The first-order chi connectivity index (χ1) is 14.7. The molecule has 0 bridgehead atoms. The van der Waals surface area contributed by atoms with Crippen LogP contribution < -0.4 is 4.74 Å². The monoisotopic (exact) mass is 446 g/mol. The Kier molecular flexibility index (Phi) is 11.3. The standard InChI is InChI=1S/C29H50O3/c1-21(2)17-15-13-11-10-12-14-16-18-22(3)27(31)32-23-19-24(28(4,5)6)26(30)25(20-23)29(7,8)9/h19-22,30H,10-18H2,1-9H3. The third-order valence-electron chi connectivity index (χ3n) is 6.24. The normalized spacial score (nSPS) is 13.4. The van der Waals surface area contributed by atoms with Crippen LogP contribution in [0.4, 0.5) is 0 Å². The smallest absolute Gasteiger partial charge is 0.314 e. The molecule has 32 heavy (non-hydrogen) atoms. The molecule has 1 aromatic rings. The molecule has 1 N–H and O–H groups in total. The average Bonchev–Trinajstić information content (AvgIpc) is 2.65. The van der Waals surface area contributed by atoms with Gasteiger partial charge in [-0.2, -0.15) is 0 Å². The first-order valence-corrected chi connectivity index (χ1v) is 12.8. The number of rotatable bonds is 12. The van der Waals surface area contributed by atoms with Crippen molar-refractivity contribution in [1.29, 1.82) is 0 Å². The van der Waals surface area contributed by atoms with Crippen molar-refractivity contribution >= 4 is 5.97 Å². The van der Waals surface area contributed by atoms with Crippen LogP contribution in [-0.2, 0) is 15.6 Å². The second-order valence-corrected chi connectivity index (χ2v) is 12.1. The number of hydrogen-bond donors (Lipinski definition) is 1. The van der Waals surface area contributed by atoms with Gasteiger partial charge in [0.05, 0.1) is 5.92 Å². The molecule has 1 rings (SSSR count). The van der Waals surface area contributed by atoms with E-state index in [4.69, 9.17) is 4.74 Å². The average molecular weight is 447 g/mol. The summed E-state index contributed by atoms with van der Waals surface area (Å²) in [7, 11) is 0. The summed E-state index contributed by atoms with van der Waals surface area (Å²) in [6.45, 7) is 18.9. The van der Waals surface area contributed by atoms with E-state index in [9.17, 15) is 9.90 Å². The largest absolute Gasteiger partial charge is 0.507 e. The summed E-state index contributed by atoms with van der Waals surface area (Å²) in [5.41, 5.74) is 1.14. The summed E-state index contributed by atoms with van der Waals surface area (Å²) in [5.74, 6) is 1.37. The lowest BCUT2D eigenvalue weighted by atomic mass is 9.79. The van der Waals surface area contributed by atoms with Crippen molar-refractivity contribution in [3.05, 3.63) is 23.3 Å². The molecule has 1 unspecified atom stereocenters. The van der Waals surface area contributed by atoms with E-state index in [-0.39, 0.29) is 22.7 Å². The fourth-order valence-electron chi connectivity index (χ4n) is 4.03. The van der Waals surface area contributed by atoms with E-state index in [1.54, 1.807) is 0 Å². The van der Waals surface area contributed by atoms with Crippen LogP contribution in [0.2, 0.25) is 0 Å². The number of phenolic OH excluding ortho intramolecular Hbond substituents is 1. The third-order valence-corrected chi connectivity index (χ3v) is 6.24. The first kappa shape index (κ1) is 28.5. The maximum Gasteiger partial charge on any atom is 0.314 e. The van der Waals surface area contributed by atoms with Crippen molar-refractivity contribution in [1.82, 2.24) is 0 Å². The summed E-state index contributed by atoms with van der Waals surface area (Å²) >= 11 is 0. The molecule has 3 heteroatoms. The molecule has 1 aromatic carbocycles. The van der Waals surface area contributed by atoms with E-state index in [0.717, 1.165) is 29.9 Å². The van der Waals surface area contributed by atoms with Gasteiger partial charge in [0.2, 0.25) is 0 Å². The number of unbranched alkanes of at least 4 members (excludes halogenated alkanes) is 6. The zero-order valence-corrected chi connectivity index (χ0v) is 22.4. The summed E-state index contributed by atoms with van der Waals surface area (Å²) in [5, 5.41) is 10.8. The first-order valence-electron chi connectivity index (χ1n) is 12.8. The molecular weight excluding hydrogens is 396 g/mol. The van der Waals surface area contributed by atoms with Crippen LogP contribution in [0.15, 0.2) is 12.1 Å². The van der Waals surface area contributed by atoms with Crippen LogP contribution in [0.3, 0.4) is 0 Å². The maximum absolute atomic E-state index is 12.7. The van der Waals surface area contributed by atoms with Gasteiger partial charge in [0, 0.05) is 11.1 Å². The van der Waals surface area contributed by atoms with Crippen molar-refractivity contribution in [3.63, 3.8) is 0 Å². The molecule has 184 valence electrons. The second-order valence-electron chi connectivity index (χ2n) is 12.1. The lowest BCUT2D eigenvalue weighted by Gasteiger charge is -2.28. The predicted molar refractivity (Wildman–Crippen MR) is 137 cm³/mol. The number of ether oxygens (including phenoxy) is 1. The Labute approximate surface area is 198 Å². The number of carbonyl (C=O) groups is 1. The molecule has 0 radical (unpaired) electrons. The number of esters is 1. The minimum Gasteiger partial charge on any atom is -0.507 e. The lowest BCUT2D eigenvalue weighted by molar-refractivity contribution is -0.138. The van der Waals surface area contributed by atoms with Crippen molar-refractivity contribution in [2.24, 2.45) is 11.8 Å². The Morgan fingerprint density at radius 3 is 1.59 bits per heavy atom. The zero-order valence-electron chi connectivity index (χ0n) is 22.4. The number of phenols is 1. The highest BCUT2D eigenvalue weighted by atomic mass is 16.5. The quantitative estimate of drug-likeness (QED) is 0.198. The highest BCUT2D eigenvalue weighted by Crippen LogP contribution is 2.41. The van der Waals surface area contributed by atoms with Crippen LogP contribution >= 0.6 is 0 Å². The maximum atomic E-state index is 12.7. The number of benzene rings is 1. The van der Waals surface area contributed by atoms with E-state index < -0.39 is 0 Å². The van der Waals surface area contributed by atoms with Crippen LogP contribution in [0.1, 0.15) is 131 Å². The molecule has 0 fully saturated rings. The van der Waals surface area contributed by atoms with Crippen LogP contribution in [0, 0.1) is 11.8 Å². The number of hydrogen-bond acceptors (Lipinski definition) is 3. The van der Waals surface area contributed by atoms with E-state index in [1.807, 2.05) is 19.1 Å². The van der Waals surface area contributed by atoms with Gasteiger partial charge in [0.1, 0.15) is 11.5 Å². The van der Waals surface area contributed by atoms with Gasteiger partial charge in [-0.1, -0.05) is 114 Å². The van der Waals surface area contributed by atoms with E-state index >= 15 is 0 Å². The van der Waals surface area contributed by atoms with Gasteiger partial charge in [-0.15, -0.1) is 0 Å². The van der Waals surface area contributed by atoms with Gasteiger partial charge >= 0.3 is 5.97 Å². The number of aromatic hydroxyl groups is 1. The lowest BCUT2D eigenvalue weighted by Crippen LogP contribution is -2.20. The summed E-state index contributed by atoms with van der Waals surface area (Å²) in [6, 6.07) is 3.66. The molecule has 0 aliphatic heterocycles. The minimum absolute atomic E-state index is 0.119. The molecule has 0 saturated carbocycles. The van der Waals surface area contributed by atoms with Crippen LogP contribution in [-0.4, -0.2) is 11.1 Å². The van der Waals surface area contributed by atoms with Gasteiger partial charge in [0.25, 0.3) is 0 Å². The Bertz CT molecular complexity index is 669. The molecule has 0 aliphatic carbocycles. The van der Waals surface area contributed by atoms with Gasteiger partial charge in [-0.3, -0.25) is 4.79 Å². The van der Waals surface area contributed by atoms with E-state index in [0.29, 0.717) is 11.5 Å². The highest BCUT2D eigenvalue weighted by Gasteiger charge is 2.28.